The molecule has 0 saturated heterocycles. The van der Waals surface area contributed by atoms with Crippen LogP contribution in [0.15, 0.2) is 18.2 Å². The van der Waals surface area contributed by atoms with Crippen molar-refractivity contribution < 1.29 is 22.3 Å². The number of nitrogens with two attached hydrogens (primary N) is 1. The molecule has 0 aliphatic carbocycles. The van der Waals surface area contributed by atoms with Crippen molar-refractivity contribution in [1.82, 2.24) is 0 Å². The maximum Gasteiger partial charge on any atom is 0.387 e. The second kappa shape index (κ2) is 5.10. The van der Waals surface area contributed by atoms with E-state index in [1.54, 1.807) is 0 Å². The lowest BCUT2D eigenvalue weighted by Gasteiger charge is -2.26. The van der Waals surface area contributed by atoms with Crippen LogP contribution in [0.5, 0.6) is 5.75 Å². The van der Waals surface area contributed by atoms with Gasteiger partial charge >= 0.3 is 6.61 Å². The first kappa shape index (κ1) is 14.1. The minimum absolute atomic E-state index is 0.110. The fourth-order valence-corrected chi connectivity index (χ4v) is 1.41. The molecule has 2 nitrogen and oxygen atoms in total. The van der Waals surface area contributed by atoms with Crippen molar-refractivity contribution in [1.29, 1.82) is 0 Å². The molecule has 1 atom stereocenters. The maximum absolute atomic E-state index is 12.7. The Morgan fingerprint density at radius 3 is 2.35 bits per heavy atom. The van der Waals surface area contributed by atoms with Crippen LogP contribution in [0.25, 0.3) is 0 Å². The van der Waals surface area contributed by atoms with E-state index in [0.717, 1.165) is 19.1 Å². The van der Waals surface area contributed by atoms with E-state index >= 15 is 0 Å². The minimum atomic E-state index is -3.12. The van der Waals surface area contributed by atoms with E-state index in [1.807, 2.05) is 0 Å². The molecule has 0 heterocycles. The molecule has 17 heavy (non-hydrogen) atoms. The Bertz CT molecular complexity index is 398. The summed E-state index contributed by atoms with van der Waals surface area (Å²) in [5.74, 6) is -0.408. The lowest BCUT2D eigenvalue weighted by atomic mass is 9.93. The van der Waals surface area contributed by atoms with E-state index < -0.39 is 24.3 Å². The molecule has 0 aliphatic heterocycles. The van der Waals surface area contributed by atoms with Crippen molar-refractivity contribution in [3.63, 3.8) is 0 Å². The van der Waals surface area contributed by atoms with Gasteiger partial charge in [0, 0.05) is 10.6 Å². The average molecular weight is 272 g/mol. The Hall–Kier alpha value is -1.01. The SMILES string of the molecule is CC(N)(c1cc(Cl)ccc1OC(F)F)C(F)F. The van der Waals surface area contributed by atoms with Crippen LogP contribution in [0.3, 0.4) is 0 Å². The number of hydrogen-bond donors (Lipinski definition) is 1. The van der Waals surface area contributed by atoms with E-state index in [9.17, 15) is 17.6 Å². The third kappa shape index (κ3) is 3.23. The fraction of sp³-hybridized carbons (Fsp3) is 0.400. The first-order valence-electron chi connectivity index (χ1n) is 4.57. The summed E-state index contributed by atoms with van der Waals surface area (Å²) in [6.07, 6.45) is -2.94. The van der Waals surface area contributed by atoms with E-state index in [1.165, 1.54) is 6.07 Å². The highest BCUT2D eigenvalue weighted by atomic mass is 35.5. The van der Waals surface area contributed by atoms with Crippen molar-refractivity contribution >= 4 is 11.6 Å². The molecular formula is C10H10ClF4NO. The van der Waals surface area contributed by atoms with Crippen molar-refractivity contribution in [3.05, 3.63) is 28.8 Å². The highest BCUT2D eigenvalue weighted by molar-refractivity contribution is 6.30. The zero-order chi connectivity index (χ0) is 13.2. The second-order valence-corrected chi connectivity index (χ2v) is 4.04. The van der Waals surface area contributed by atoms with E-state index in [0.29, 0.717) is 0 Å². The molecule has 1 aromatic carbocycles. The van der Waals surface area contributed by atoms with Gasteiger partial charge in [0.1, 0.15) is 11.3 Å². The van der Waals surface area contributed by atoms with Gasteiger partial charge in [-0.05, 0) is 25.1 Å². The summed E-state index contributed by atoms with van der Waals surface area (Å²) in [5.41, 5.74) is 3.01. The van der Waals surface area contributed by atoms with Crippen molar-refractivity contribution in [3.8, 4) is 5.75 Å². The molecule has 0 radical (unpaired) electrons. The van der Waals surface area contributed by atoms with Crippen LogP contribution >= 0.6 is 11.6 Å². The summed E-state index contributed by atoms with van der Waals surface area (Å²) in [6, 6.07) is 3.42. The van der Waals surface area contributed by atoms with Gasteiger partial charge < -0.3 is 10.5 Å². The number of benzene rings is 1. The molecule has 96 valence electrons. The Morgan fingerprint density at radius 2 is 1.88 bits per heavy atom. The summed E-state index contributed by atoms with van der Waals surface area (Å²) in [5, 5.41) is 0.110. The number of rotatable bonds is 4. The number of ether oxygens (including phenoxy) is 1. The number of halogens is 5. The van der Waals surface area contributed by atoms with Crippen LogP contribution in [0, 0.1) is 0 Å². The maximum atomic E-state index is 12.7. The van der Waals surface area contributed by atoms with Gasteiger partial charge in [-0.2, -0.15) is 8.78 Å². The first-order valence-corrected chi connectivity index (χ1v) is 4.95. The standard InChI is InChI=1S/C10H10ClF4NO/c1-10(16,8(12)13)6-4-5(11)2-3-7(6)17-9(14)15/h2-4,8-9H,16H2,1H3. The lowest BCUT2D eigenvalue weighted by molar-refractivity contribution is -0.0523. The van der Waals surface area contributed by atoms with Gasteiger partial charge in [-0.3, -0.25) is 0 Å². The van der Waals surface area contributed by atoms with Crippen LogP contribution in [-0.4, -0.2) is 13.0 Å². The quantitative estimate of drug-likeness (QED) is 0.852. The molecule has 1 aromatic rings. The Morgan fingerprint density at radius 1 is 1.29 bits per heavy atom. The molecule has 0 amide bonds. The number of hydrogen-bond acceptors (Lipinski definition) is 2. The lowest BCUT2D eigenvalue weighted by Crippen LogP contribution is -2.41. The molecule has 0 bridgehead atoms. The van der Waals surface area contributed by atoms with Gasteiger partial charge in [-0.1, -0.05) is 11.6 Å². The van der Waals surface area contributed by atoms with Crippen LogP contribution in [0.4, 0.5) is 17.6 Å². The first-order chi connectivity index (χ1) is 7.75. The predicted molar refractivity (Wildman–Crippen MR) is 55.6 cm³/mol. The minimum Gasteiger partial charge on any atom is -0.434 e. The highest BCUT2D eigenvalue weighted by Crippen LogP contribution is 2.35. The van der Waals surface area contributed by atoms with Gasteiger partial charge in [0.05, 0.1) is 0 Å². The Kier molecular flexibility index (Phi) is 4.21. The fourth-order valence-electron chi connectivity index (χ4n) is 1.24. The summed E-state index contributed by atoms with van der Waals surface area (Å²) < 4.78 is 53.8. The summed E-state index contributed by atoms with van der Waals surface area (Å²) in [6.45, 7) is -2.11. The van der Waals surface area contributed by atoms with Crippen molar-refractivity contribution in [2.45, 2.75) is 25.5 Å². The molecule has 0 saturated carbocycles. The largest absolute Gasteiger partial charge is 0.434 e. The summed E-state index contributed by atoms with van der Waals surface area (Å²) >= 11 is 5.62. The normalized spacial score (nSPS) is 15.1. The molecular weight excluding hydrogens is 262 g/mol. The third-order valence-corrected chi connectivity index (χ3v) is 2.43. The molecule has 1 unspecified atom stereocenters. The molecule has 0 spiro atoms. The van der Waals surface area contributed by atoms with E-state index in [4.69, 9.17) is 17.3 Å². The Labute approximate surface area is 100 Å². The average Bonchev–Trinajstić information content (AvgIpc) is 2.19. The molecule has 2 N–H and O–H groups in total. The van der Waals surface area contributed by atoms with Crippen LogP contribution in [-0.2, 0) is 5.54 Å². The molecule has 0 fully saturated rings. The van der Waals surface area contributed by atoms with Gasteiger partial charge in [-0.25, -0.2) is 8.78 Å². The topological polar surface area (TPSA) is 35.2 Å². The van der Waals surface area contributed by atoms with Gasteiger partial charge in [0.15, 0.2) is 0 Å². The molecule has 0 aromatic heterocycles. The third-order valence-electron chi connectivity index (χ3n) is 2.19. The predicted octanol–water partition coefficient (Wildman–Crippen LogP) is 3.38. The zero-order valence-corrected chi connectivity index (χ0v) is 9.52. The van der Waals surface area contributed by atoms with Crippen LogP contribution < -0.4 is 10.5 Å². The summed E-state index contributed by atoms with van der Waals surface area (Å²) in [4.78, 5) is 0. The molecule has 7 heteroatoms. The number of alkyl halides is 4. The molecule has 0 aliphatic rings. The van der Waals surface area contributed by atoms with Gasteiger partial charge in [0.25, 0.3) is 6.43 Å². The van der Waals surface area contributed by atoms with Gasteiger partial charge in [-0.15, -0.1) is 0 Å². The van der Waals surface area contributed by atoms with E-state index in [2.05, 4.69) is 4.74 Å². The van der Waals surface area contributed by atoms with Gasteiger partial charge in [0.2, 0.25) is 0 Å². The molecule has 1 rings (SSSR count). The van der Waals surface area contributed by atoms with Crippen molar-refractivity contribution in [2.75, 3.05) is 0 Å². The second-order valence-electron chi connectivity index (χ2n) is 3.60. The smallest absolute Gasteiger partial charge is 0.387 e. The Balaban J connectivity index is 3.24. The van der Waals surface area contributed by atoms with Crippen molar-refractivity contribution in [2.24, 2.45) is 5.73 Å². The summed E-state index contributed by atoms with van der Waals surface area (Å²) in [7, 11) is 0. The van der Waals surface area contributed by atoms with Crippen LogP contribution in [0.1, 0.15) is 12.5 Å². The monoisotopic (exact) mass is 271 g/mol. The zero-order valence-electron chi connectivity index (χ0n) is 8.76. The van der Waals surface area contributed by atoms with E-state index in [-0.39, 0.29) is 10.6 Å². The van der Waals surface area contributed by atoms with Crippen LogP contribution in [0.2, 0.25) is 5.02 Å². The highest BCUT2D eigenvalue weighted by Gasteiger charge is 2.35.